The highest BCUT2D eigenvalue weighted by Crippen LogP contribution is 2.35. The summed E-state index contributed by atoms with van der Waals surface area (Å²) >= 11 is 0. The Morgan fingerprint density at radius 2 is 1.88 bits per heavy atom. The SMILES string of the molecule is CC(C)C(C)CNC(=O)C1(C#N)CCCCC1. The van der Waals surface area contributed by atoms with Gasteiger partial charge >= 0.3 is 0 Å². The van der Waals surface area contributed by atoms with Gasteiger partial charge in [-0.3, -0.25) is 4.79 Å². The van der Waals surface area contributed by atoms with E-state index in [2.05, 4.69) is 32.2 Å². The van der Waals surface area contributed by atoms with E-state index in [9.17, 15) is 10.1 Å². The molecule has 1 saturated carbocycles. The summed E-state index contributed by atoms with van der Waals surface area (Å²) in [4.78, 5) is 12.1. The van der Waals surface area contributed by atoms with Crippen molar-refractivity contribution >= 4 is 5.91 Å². The lowest BCUT2D eigenvalue weighted by molar-refractivity contribution is -0.129. The monoisotopic (exact) mass is 236 g/mol. The van der Waals surface area contributed by atoms with Gasteiger partial charge in [0.1, 0.15) is 5.41 Å². The summed E-state index contributed by atoms with van der Waals surface area (Å²) in [5.74, 6) is 0.963. The van der Waals surface area contributed by atoms with E-state index in [1.807, 2.05) is 0 Å². The molecule has 1 atom stereocenters. The van der Waals surface area contributed by atoms with Gasteiger partial charge in [-0.25, -0.2) is 0 Å². The maximum absolute atomic E-state index is 12.1. The number of amides is 1. The zero-order valence-electron chi connectivity index (χ0n) is 11.3. The number of carbonyl (C=O) groups excluding carboxylic acids is 1. The van der Waals surface area contributed by atoms with Crippen LogP contribution >= 0.6 is 0 Å². The third-order valence-electron chi connectivity index (χ3n) is 4.08. The van der Waals surface area contributed by atoms with Gasteiger partial charge in [0.2, 0.25) is 5.91 Å². The van der Waals surface area contributed by atoms with Gasteiger partial charge in [0.25, 0.3) is 0 Å². The number of rotatable bonds is 4. The highest BCUT2D eigenvalue weighted by Gasteiger charge is 2.39. The molecule has 0 aromatic rings. The molecular weight excluding hydrogens is 212 g/mol. The Balaban J connectivity index is 2.53. The smallest absolute Gasteiger partial charge is 0.240 e. The standard InChI is InChI=1S/C14H24N2O/c1-11(2)12(3)9-16-13(17)14(10-15)7-5-4-6-8-14/h11-12H,4-9H2,1-3H3,(H,16,17). The summed E-state index contributed by atoms with van der Waals surface area (Å²) in [5.41, 5.74) is -0.741. The summed E-state index contributed by atoms with van der Waals surface area (Å²) in [6.07, 6.45) is 4.61. The van der Waals surface area contributed by atoms with Crippen LogP contribution in [0.25, 0.3) is 0 Å². The molecule has 0 aliphatic heterocycles. The predicted molar refractivity (Wildman–Crippen MR) is 68.1 cm³/mol. The van der Waals surface area contributed by atoms with Crippen LogP contribution in [-0.4, -0.2) is 12.5 Å². The fourth-order valence-corrected chi connectivity index (χ4v) is 2.20. The molecule has 0 radical (unpaired) electrons. The number of nitrogens with one attached hydrogen (secondary N) is 1. The molecule has 0 aromatic heterocycles. The van der Waals surface area contributed by atoms with E-state index in [4.69, 9.17) is 0 Å². The van der Waals surface area contributed by atoms with Crippen LogP contribution < -0.4 is 5.32 Å². The summed E-state index contributed by atoms with van der Waals surface area (Å²) in [6, 6.07) is 2.26. The Morgan fingerprint density at radius 1 is 1.29 bits per heavy atom. The summed E-state index contributed by atoms with van der Waals surface area (Å²) in [5, 5.41) is 12.2. The van der Waals surface area contributed by atoms with Crippen molar-refractivity contribution < 1.29 is 4.79 Å². The van der Waals surface area contributed by atoms with Crippen molar-refractivity contribution in [3.63, 3.8) is 0 Å². The second kappa shape index (κ2) is 6.05. The van der Waals surface area contributed by atoms with Gasteiger partial charge in [0.05, 0.1) is 6.07 Å². The molecule has 17 heavy (non-hydrogen) atoms. The first kappa shape index (κ1) is 14.0. The average molecular weight is 236 g/mol. The molecule has 0 heterocycles. The molecule has 1 aliphatic rings. The maximum Gasteiger partial charge on any atom is 0.240 e. The Kier molecular flexibility index (Phi) is 4.99. The van der Waals surface area contributed by atoms with Crippen molar-refractivity contribution in [2.45, 2.75) is 52.9 Å². The molecule has 0 spiro atoms. The fraction of sp³-hybridized carbons (Fsp3) is 0.857. The van der Waals surface area contributed by atoms with E-state index in [0.29, 0.717) is 18.4 Å². The number of nitriles is 1. The highest BCUT2D eigenvalue weighted by molar-refractivity contribution is 5.85. The Morgan fingerprint density at radius 3 is 2.35 bits per heavy atom. The molecule has 1 aliphatic carbocycles. The van der Waals surface area contributed by atoms with E-state index < -0.39 is 5.41 Å². The van der Waals surface area contributed by atoms with Gasteiger partial charge in [-0.05, 0) is 24.7 Å². The minimum atomic E-state index is -0.741. The number of nitrogens with zero attached hydrogens (tertiary/aromatic N) is 1. The topological polar surface area (TPSA) is 52.9 Å². The number of carbonyl (C=O) groups is 1. The Bertz CT molecular complexity index is 298. The molecule has 1 unspecified atom stereocenters. The van der Waals surface area contributed by atoms with E-state index in [-0.39, 0.29) is 5.91 Å². The second-order valence-corrected chi connectivity index (χ2v) is 5.69. The minimum absolute atomic E-state index is 0.0489. The minimum Gasteiger partial charge on any atom is -0.354 e. The molecule has 3 heteroatoms. The molecule has 3 nitrogen and oxygen atoms in total. The van der Waals surface area contributed by atoms with Crippen LogP contribution in [0.4, 0.5) is 0 Å². The first-order chi connectivity index (χ1) is 8.02. The van der Waals surface area contributed by atoms with Gasteiger partial charge in [0, 0.05) is 6.54 Å². The molecule has 1 rings (SSSR count). The van der Waals surface area contributed by atoms with Crippen LogP contribution in [0.3, 0.4) is 0 Å². The molecular formula is C14H24N2O. The molecule has 0 saturated heterocycles. The van der Waals surface area contributed by atoms with Crippen LogP contribution in [0.5, 0.6) is 0 Å². The predicted octanol–water partition coefficient (Wildman–Crippen LogP) is 2.87. The van der Waals surface area contributed by atoms with Gasteiger partial charge in [-0.15, -0.1) is 0 Å². The Labute approximate surface area is 105 Å². The molecule has 0 bridgehead atoms. The highest BCUT2D eigenvalue weighted by atomic mass is 16.2. The van der Waals surface area contributed by atoms with Crippen LogP contribution in [0.1, 0.15) is 52.9 Å². The first-order valence-corrected chi connectivity index (χ1v) is 6.71. The number of hydrogen-bond acceptors (Lipinski definition) is 2. The summed E-state index contributed by atoms with van der Waals surface area (Å²) in [7, 11) is 0. The van der Waals surface area contributed by atoms with Crippen molar-refractivity contribution in [3.8, 4) is 6.07 Å². The van der Waals surface area contributed by atoms with Gasteiger partial charge in [0.15, 0.2) is 0 Å². The van der Waals surface area contributed by atoms with Crippen LogP contribution in [0.15, 0.2) is 0 Å². The number of hydrogen-bond donors (Lipinski definition) is 1. The lowest BCUT2D eigenvalue weighted by Crippen LogP contribution is -2.43. The van der Waals surface area contributed by atoms with E-state index >= 15 is 0 Å². The third kappa shape index (κ3) is 3.46. The first-order valence-electron chi connectivity index (χ1n) is 6.71. The van der Waals surface area contributed by atoms with Crippen LogP contribution in [-0.2, 0) is 4.79 Å². The molecule has 1 fully saturated rings. The lowest BCUT2D eigenvalue weighted by Gasteiger charge is -2.30. The molecule has 1 amide bonds. The largest absolute Gasteiger partial charge is 0.354 e. The van der Waals surface area contributed by atoms with Crippen molar-refractivity contribution in [2.24, 2.45) is 17.3 Å². The average Bonchev–Trinajstić information content (AvgIpc) is 2.36. The van der Waals surface area contributed by atoms with Crippen LogP contribution in [0.2, 0.25) is 0 Å². The van der Waals surface area contributed by atoms with Crippen molar-refractivity contribution in [1.29, 1.82) is 5.26 Å². The van der Waals surface area contributed by atoms with Gasteiger partial charge in [-0.1, -0.05) is 40.0 Å². The normalized spacial score (nSPS) is 20.6. The molecule has 96 valence electrons. The van der Waals surface area contributed by atoms with Crippen LogP contribution in [0, 0.1) is 28.6 Å². The Hall–Kier alpha value is -1.04. The summed E-state index contributed by atoms with van der Waals surface area (Å²) < 4.78 is 0. The van der Waals surface area contributed by atoms with Crippen molar-refractivity contribution in [3.05, 3.63) is 0 Å². The maximum atomic E-state index is 12.1. The van der Waals surface area contributed by atoms with Crippen molar-refractivity contribution in [2.75, 3.05) is 6.54 Å². The fourth-order valence-electron chi connectivity index (χ4n) is 2.20. The van der Waals surface area contributed by atoms with Gasteiger partial charge in [-0.2, -0.15) is 5.26 Å². The summed E-state index contributed by atoms with van der Waals surface area (Å²) in [6.45, 7) is 7.11. The van der Waals surface area contributed by atoms with E-state index in [1.165, 1.54) is 0 Å². The van der Waals surface area contributed by atoms with E-state index in [0.717, 1.165) is 32.1 Å². The molecule has 1 N–H and O–H groups in total. The third-order valence-corrected chi connectivity index (χ3v) is 4.08. The zero-order chi connectivity index (χ0) is 12.9. The van der Waals surface area contributed by atoms with Crippen molar-refractivity contribution in [1.82, 2.24) is 5.32 Å². The quantitative estimate of drug-likeness (QED) is 0.816. The van der Waals surface area contributed by atoms with E-state index in [1.54, 1.807) is 0 Å². The zero-order valence-corrected chi connectivity index (χ0v) is 11.3. The second-order valence-electron chi connectivity index (χ2n) is 5.69. The lowest BCUT2D eigenvalue weighted by atomic mass is 9.74. The van der Waals surface area contributed by atoms with Gasteiger partial charge < -0.3 is 5.32 Å². The molecule has 0 aromatic carbocycles.